The highest BCUT2D eigenvalue weighted by atomic mass is 35.5. The number of nitrogens with zero attached hydrogens (tertiary/aromatic N) is 2. The van der Waals surface area contributed by atoms with Crippen LogP contribution in [0.2, 0.25) is 10.0 Å². The lowest BCUT2D eigenvalue weighted by Crippen LogP contribution is -2.30. The van der Waals surface area contributed by atoms with Gasteiger partial charge >= 0.3 is 5.97 Å². The highest BCUT2D eigenvalue weighted by Gasteiger charge is 2.23. The Hall–Kier alpha value is -1.70. The predicted molar refractivity (Wildman–Crippen MR) is 89.3 cm³/mol. The van der Waals surface area contributed by atoms with Gasteiger partial charge in [0.1, 0.15) is 0 Å². The van der Waals surface area contributed by atoms with Crippen LogP contribution in [0.4, 0.5) is 5.69 Å². The summed E-state index contributed by atoms with van der Waals surface area (Å²) >= 11 is 12.8. The first-order chi connectivity index (χ1) is 10.9. The van der Waals surface area contributed by atoms with Gasteiger partial charge < -0.3 is 10.1 Å². The number of halogens is 2. The van der Waals surface area contributed by atoms with E-state index in [0.29, 0.717) is 32.7 Å². The van der Waals surface area contributed by atoms with Gasteiger partial charge in [-0.15, -0.1) is 5.10 Å². The third-order valence-electron chi connectivity index (χ3n) is 2.92. The summed E-state index contributed by atoms with van der Waals surface area (Å²) in [6.45, 7) is 3.32. The normalized spacial score (nSPS) is 11.8. The Kier molecular flexibility index (Phi) is 5.92. The van der Waals surface area contributed by atoms with Crippen LogP contribution in [0.15, 0.2) is 18.2 Å². The summed E-state index contributed by atoms with van der Waals surface area (Å²) in [6.07, 6.45) is -0.455. The second kappa shape index (κ2) is 7.72. The largest absolute Gasteiger partial charge is 0.448 e. The zero-order valence-corrected chi connectivity index (χ0v) is 14.6. The Labute approximate surface area is 146 Å². The molecule has 1 amide bonds. The van der Waals surface area contributed by atoms with Gasteiger partial charge in [0.25, 0.3) is 5.91 Å². The molecule has 2 rings (SSSR count). The molecule has 0 unspecified atom stereocenters. The maximum atomic E-state index is 12.1. The average molecular weight is 374 g/mol. The third kappa shape index (κ3) is 4.40. The van der Waals surface area contributed by atoms with E-state index in [1.54, 1.807) is 12.1 Å². The number of aromatic nitrogens is 2. The number of nitrogens with one attached hydrogen (secondary N) is 1. The van der Waals surface area contributed by atoms with Crippen LogP contribution < -0.4 is 5.32 Å². The first-order valence-corrected chi connectivity index (χ1v) is 8.23. The smallest absolute Gasteiger partial charge is 0.352 e. The van der Waals surface area contributed by atoms with Crippen LogP contribution in [-0.4, -0.2) is 27.6 Å². The van der Waals surface area contributed by atoms with Crippen molar-refractivity contribution in [1.82, 2.24) is 9.59 Å². The monoisotopic (exact) mass is 373 g/mol. The van der Waals surface area contributed by atoms with E-state index in [0.717, 1.165) is 11.5 Å². The number of hydrogen-bond donors (Lipinski definition) is 1. The molecule has 23 heavy (non-hydrogen) atoms. The molecular weight excluding hydrogens is 361 g/mol. The topological polar surface area (TPSA) is 81.2 Å². The zero-order chi connectivity index (χ0) is 17.0. The van der Waals surface area contributed by atoms with Crippen molar-refractivity contribution in [2.75, 3.05) is 5.32 Å². The maximum Gasteiger partial charge on any atom is 0.352 e. The molecule has 1 atom stereocenters. The van der Waals surface area contributed by atoms with Gasteiger partial charge in [0.05, 0.1) is 16.4 Å². The fourth-order valence-electron chi connectivity index (χ4n) is 1.69. The summed E-state index contributed by atoms with van der Waals surface area (Å²) in [7, 11) is 0. The Balaban J connectivity index is 2.02. The van der Waals surface area contributed by atoms with E-state index in [4.69, 9.17) is 27.9 Å². The fourth-order valence-corrected chi connectivity index (χ4v) is 2.66. The van der Waals surface area contributed by atoms with Crippen molar-refractivity contribution in [1.29, 1.82) is 0 Å². The number of hydrogen-bond acceptors (Lipinski definition) is 6. The van der Waals surface area contributed by atoms with Crippen molar-refractivity contribution >= 4 is 52.3 Å². The van der Waals surface area contributed by atoms with Gasteiger partial charge in [0.2, 0.25) is 0 Å². The van der Waals surface area contributed by atoms with Crippen LogP contribution in [0.5, 0.6) is 0 Å². The van der Waals surface area contributed by atoms with Crippen molar-refractivity contribution in [3.05, 3.63) is 38.8 Å². The van der Waals surface area contributed by atoms with Crippen molar-refractivity contribution in [2.24, 2.45) is 0 Å². The van der Waals surface area contributed by atoms with Gasteiger partial charge in [-0.2, -0.15) is 0 Å². The van der Waals surface area contributed by atoms with Gasteiger partial charge in [0, 0.05) is 5.02 Å². The van der Waals surface area contributed by atoms with E-state index in [-0.39, 0.29) is 0 Å². The number of ether oxygens (including phenoxy) is 1. The molecule has 9 heteroatoms. The number of carbonyl (C=O) groups excluding carboxylic acids is 2. The van der Waals surface area contributed by atoms with E-state index in [1.165, 1.54) is 13.0 Å². The van der Waals surface area contributed by atoms with Crippen LogP contribution in [0.1, 0.15) is 29.2 Å². The molecule has 0 aliphatic rings. The fraction of sp³-hybridized carbons (Fsp3) is 0.286. The van der Waals surface area contributed by atoms with Gasteiger partial charge in [-0.3, -0.25) is 4.79 Å². The van der Waals surface area contributed by atoms with Crippen molar-refractivity contribution < 1.29 is 14.3 Å². The molecule has 0 aliphatic carbocycles. The first-order valence-electron chi connectivity index (χ1n) is 6.70. The number of anilines is 1. The molecule has 0 spiro atoms. The summed E-state index contributed by atoms with van der Waals surface area (Å²) < 4.78 is 8.86. The molecule has 1 aromatic heterocycles. The molecule has 0 saturated carbocycles. The third-order valence-corrected chi connectivity index (χ3v) is 4.23. The van der Waals surface area contributed by atoms with Crippen LogP contribution in [0, 0.1) is 0 Å². The lowest BCUT2D eigenvalue weighted by Gasteiger charge is -2.14. The molecule has 0 saturated heterocycles. The van der Waals surface area contributed by atoms with Crippen LogP contribution in [-0.2, 0) is 16.0 Å². The second-order valence-electron chi connectivity index (χ2n) is 4.56. The quantitative estimate of drug-likeness (QED) is 0.809. The first kappa shape index (κ1) is 17.7. The van der Waals surface area contributed by atoms with Crippen LogP contribution >= 0.6 is 34.7 Å². The molecule has 1 aromatic carbocycles. The Morgan fingerprint density at radius 3 is 2.83 bits per heavy atom. The molecule has 2 aromatic rings. The molecule has 0 fully saturated rings. The lowest BCUT2D eigenvalue weighted by molar-refractivity contribution is -0.123. The Morgan fingerprint density at radius 1 is 1.39 bits per heavy atom. The minimum Gasteiger partial charge on any atom is -0.448 e. The van der Waals surface area contributed by atoms with Crippen molar-refractivity contribution in [3.63, 3.8) is 0 Å². The van der Waals surface area contributed by atoms with E-state index >= 15 is 0 Å². The lowest BCUT2D eigenvalue weighted by atomic mass is 10.3. The van der Waals surface area contributed by atoms with Crippen molar-refractivity contribution in [3.8, 4) is 0 Å². The number of amides is 1. The van der Waals surface area contributed by atoms with E-state index in [9.17, 15) is 9.59 Å². The molecule has 0 bridgehead atoms. The summed E-state index contributed by atoms with van der Waals surface area (Å²) in [5, 5.41) is 7.16. The predicted octanol–water partition coefficient (Wildman–Crippen LogP) is 3.59. The van der Waals surface area contributed by atoms with Crippen LogP contribution in [0.25, 0.3) is 0 Å². The van der Waals surface area contributed by atoms with E-state index in [2.05, 4.69) is 14.9 Å². The summed E-state index contributed by atoms with van der Waals surface area (Å²) in [4.78, 5) is 24.5. The molecule has 1 N–H and O–H groups in total. The SMILES string of the molecule is CCc1nnsc1C(=O)O[C@@H](C)C(=O)Nc1cc(Cl)ccc1Cl. The Morgan fingerprint density at radius 2 is 2.13 bits per heavy atom. The van der Waals surface area contributed by atoms with Gasteiger partial charge in [-0.05, 0) is 43.1 Å². The standard InChI is InChI=1S/C14H13Cl2N3O3S/c1-3-10-12(23-19-18-10)14(21)22-7(2)13(20)17-11-6-8(15)4-5-9(11)16/h4-7H,3H2,1-2H3,(H,17,20)/t7-/m0/s1. The molecule has 0 aliphatic heterocycles. The molecule has 1 heterocycles. The summed E-state index contributed by atoms with van der Waals surface area (Å²) in [6, 6.07) is 4.68. The molecule has 0 radical (unpaired) electrons. The zero-order valence-electron chi connectivity index (χ0n) is 12.3. The summed E-state index contributed by atoms with van der Waals surface area (Å²) in [5.74, 6) is -1.14. The minimum atomic E-state index is -1.01. The number of esters is 1. The minimum absolute atomic E-state index is 0.299. The number of aryl methyl sites for hydroxylation is 1. The molecule has 122 valence electrons. The van der Waals surface area contributed by atoms with Gasteiger partial charge in [0.15, 0.2) is 11.0 Å². The number of carbonyl (C=O) groups is 2. The Bertz CT molecular complexity index is 736. The van der Waals surface area contributed by atoms with Crippen LogP contribution in [0.3, 0.4) is 0 Å². The van der Waals surface area contributed by atoms with Crippen molar-refractivity contribution in [2.45, 2.75) is 26.4 Å². The highest BCUT2D eigenvalue weighted by Crippen LogP contribution is 2.25. The average Bonchev–Trinajstić information content (AvgIpc) is 2.99. The number of benzene rings is 1. The molecule has 6 nitrogen and oxygen atoms in total. The highest BCUT2D eigenvalue weighted by molar-refractivity contribution is 7.07. The van der Waals surface area contributed by atoms with E-state index < -0.39 is 18.0 Å². The van der Waals surface area contributed by atoms with Gasteiger partial charge in [-0.1, -0.05) is 34.6 Å². The summed E-state index contributed by atoms with van der Waals surface area (Å²) in [5.41, 5.74) is 0.895. The molecular formula is C14H13Cl2N3O3S. The second-order valence-corrected chi connectivity index (χ2v) is 6.16. The maximum absolute atomic E-state index is 12.1. The van der Waals surface area contributed by atoms with E-state index in [1.807, 2.05) is 6.92 Å². The number of rotatable bonds is 5. The van der Waals surface area contributed by atoms with Gasteiger partial charge in [-0.25, -0.2) is 4.79 Å².